The van der Waals surface area contributed by atoms with E-state index in [4.69, 9.17) is 9.15 Å². The second kappa shape index (κ2) is 8.60. The van der Waals surface area contributed by atoms with Gasteiger partial charge in [0.05, 0.1) is 18.4 Å². The van der Waals surface area contributed by atoms with Crippen molar-refractivity contribution in [1.29, 1.82) is 0 Å². The van der Waals surface area contributed by atoms with Crippen LogP contribution in [-0.2, 0) is 4.74 Å². The Morgan fingerprint density at radius 1 is 1.20 bits per heavy atom. The number of halogens is 1. The standard InChI is InChI=1S/C21H14BrN3O4S/c1-28-20(27)12-3-2-4-15(10-12)24-19-16(18(26)25-21-23-7-8-30-21)11-13-9-14(22)5-6-17(13)29-19/h2-11H,1H3,(H,23,25,26). The highest BCUT2D eigenvalue weighted by Crippen LogP contribution is 2.21. The molecule has 7 nitrogen and oxygen atoms in total. The number of anilines is 1. The number of amides is 1. The van der Waals surface area contributed by atoms with Crippen molar-refractivity contribution in [2.24, 2.45) is 4.99 Å². The van der Waals surface area contributed by atoms with Crippen molar-refractivity contribution in [3.63, 3.8) is 0 Å². The normalized spacial score (nSPS) is 11.5. The molecule has 0 aliphatic heterocycles. The third kappa shape index (κ3) is 4.32. The Kier molecular flexibility index (Phi) is 5.73. The molecule has 30 heavy (non-hydrogen) atoms. The van der Waals surface area contributed by atoms with E-state index in [0.29, 0.717) is 22.0 Å². The van der Waals surface area contributed by atoms with Crippen LogP contribution < -0.4 is 10.9 Å². The average Bonchev–Trinajstić information content (AvgIpc) is 3.26. The first kappa shape index (κ1) is 20.0. The van der Waals surface area contributed by atoms with E-state index in [9.17, 15) is 9.59 Å². The summed E-state index contributed by atoms with van der Waals surface area (Å²) in [5.74, 6) is -0.882. The Labute approximate surface area is 183 Å². The number of rotatable bonds is 4. The number of hydrogen-bond donors (Lipinski definition) is 1. The summed E-state index contributed by atoms with van der Waals surface area (Å²) in [4.78, 5) is 33.3. The maximum atomic E-state index is 12.9. The molecule has 1 N–H and O–H groups in total. The summed E-state index contributed by atoms with van der Waals surface area (Å²) in [6.07, 6.45) is 1.60. The molecule has 9 heteroatoms. The summed E-state index contributed by atoms with van der Waals surface area (Å²) in [6.45, 7) is 0. The fourth-order valence-electron chi connectivity index (χ4n) is 2.73. The number of aromatic nitrogens is 1. The summed E-state index contributed by atoms with van der Waals surface area (Å²) in [5, 5.41) is 5.71. The lowest BCUT2D eigenvalue weighted by Gasteiger charge is -2.06. The number of fused-ring (bicyclic) bond motifs is 1. The second-order valence-corrected chi connectivity index (χ2v) is 7.90. The van der Waals surface area contributed by atoms with Crippen LogP contribution in [0.25, 0.3) is 11.0 Å². The molecule has 0 aliphatic rings. The van der Waals surface area contributed by atoms with Crippen LogP contribution in [0.3, 0.4) is 0 Å². The number of esters is 1. The van der Waals surface area contributed by atoms with Gasteiger partial charge < -0.3 is 9.15 Å². The Balaban J connectivity index is 1.86. The van der Waals surface area contributed by atoms with Gasteiger partial charge in [0.2, 0.25) is 5.55 Å². The summed E-state index contributed by atoms with van der Waals surface area (Å²) in [6, 6.07) is 13.7. The molecule has 0 bridgehead atoms. The van der Waals surface area contributed by atoms with Crippen molar-refractivity contribution in [3.8, 4) is 0 Å². The van der Waals surface area contributed by atoms with E-state index in [1.165, 1.54) is 18.4 Å². The number of carbonyl (C=O) groups excluding carboxylic acids is 2. The zero-order valence-electron chi connectivity index (χ0n) is 15.6. The molecule has 0 aliphatic carbocycles. The van der Waals surface area contributed by atoms with Gasteiger partial charge in [0.1, 0.15) is 11.1 Å². The van der Waals surface area contributed by atoms with Gasteiger partial charge in [0, 0.05) is 21.4 Å². The third-order valence-electron chi connectivity index (χ3n) is 4.10. The highest BCUT2D eigenvalue weighted by molar-refractivity contribution is 9.10. The maximum Gasteiger partial charge on any atom is 0.337 e. The van der Waals surface area contributed by atoms with E-state index in [1.54, 1.807) is 48.0 Å². The second-order valence-electron chi connectivity index (χ2n) is 6.09. The van der Waals surface area contributed by atoms with Gasteiger partial charge in [-0.1, -0.05) is 22.0 Å². The summed E-state index contributed by atoms with van der Waals surface area (Å²) < 4.78 is 11.5. The number of nitrogens with zero attached hydrogens (tertiary/aromatic N) is 2. The summed E-state index contributed by atoms with van der Waals surface area (Å²) in [7, 11) is 1.31. The van der Waals surface area contributed by atoms with Crippen molar-refractivity contribution in [1.82, 2.24) is 4.98 Å². The van der Waals surface area contributed by atoms with E-state index < -0.39 is 11.9 Å². The summed E-state index contributed by atoms with van der Waals surface area (Å²) in [5.41, 5.74) is 1.70. The Morgan fingerprint density at radius 2 is 2.07 bits per heavy atom. The van der Waals surface area contributed by atoms with Gasteiger partial charge in [0.25, 0.3) is 5.91 Å². The highest BCUT2D eigenvalue weighted by Gasteiger charge is 2.15. The van der Waals surface area contributed by atoms with Gasteiger partial charge in [-0.15, -0.1) is 11.3 Å². The minimum atomic E-state index is -0.478. The Hall–Kier alpha value is -3.30. The zero-order valence-corrected chi connectivity index (χ0v) is 18.0. The predicted octanol–water partition coefficient (Wildman–Crippen LogP) is 4.92. The van der Waals surface area contributed by atoms with Crippen LogP contribution in [0.1, 0.15) is 20.7 Å². The summed E-state index contributed by atoms with van der Waals surface area (Å²) >= 11 is 4.73. The fourth-order valence-corrected chi connectivity index (χ4v) is 3.64. The molecule has 4 rings (SSSR count). The predicted molar refractivity (Wildman–Crippen MR) is 117 cm³/mol. The van der Waals surface area contributed by atoms with E-state index in [0.717, 1.165) is 9.86 Å². The molecule has 0 unspecified atom stereocenters. The van der Waals surface area contributed by atoms with Crippen LogP contribution in [-0.4, -0.2) is 24.0 Å². The molecule has 2 heterocycles. The number of nitrogens with one attached hydrogen (secondary N) is 1. The zero-order chi connectivity index (χ0) is 21.1. The fraction of sp³-hybridized carbons (Fsp3) is 0.0476. The number of methoxy groups -OCH3 is 1. The van der Waals surface area contributed by atoms with Gasteiger partial charge in [-0.3, -0.25) is 10.1 Å². The molecule has 1 amide bonds. The monoisotopic (exact) mass is 483 g/mol. The number of benzene rings is 2. The van der Waals surface area contributed by atoms with Crippen molar-refractivity contribution < 1.29 is 18.7 Å². The lowest BCUT2D eigenvalue weighted by Crippen LogP contribution is -2.21. The molecule has 4 aromatic rings. The Morgan fingerprint density at radius 3 is 2.83 bits per heavy atom. The highest BCUT2D eigenvalue weighted by atomic mass is 79.9. The number of hydrogen-bond acceptors (Lipinski definition) is 7. The molecule has 150 valence electrons. The minimum Gasteiger partial charge on any atom is -0.465 e. The number of carbonyl (C=O) groups is 2. The van der Waals surface area contributed by atoms with Crippen molar-refractivity contribution in [3.05, 3.63) is 81.3 Å². The first-order chi connectivity index (χ1) is 14.5. The number of thiazole rings is 1. The molecule has 0 radical (unpaired) electrons. The lowest BCUT2D eigenvalue weighted by molar-refractivity contribution is 0.0600. The molecular formula is C21H14BrN3O4S. The van der Waals surface area contributed by atoms with E-state index in [1.807, 2.05) is 12.1 Å². The van der Waals surface area contributed by atoms with E-state index in [2.05, 4.69) is 31.2 Å². The largest absolute Gasteiger partial charge is 0.465 e. The van der Waals surface area contributed by atoms with Crippen LogP contribution in [0.2, 0.25) is 0 Å². The van der Waals surface area contributed by atoms with Crippen molar-refractivity contribution in [2.75, 3.05) is 12.4 Å². The topological polar surface area (TPSA) is 93.8 Å². The molecule has 0 saturated carbocycles. The third-order valence-corrected chi connectivity index (χ3v) is 5.29. The number of ether oxygens (including phenoxy) is 1. The first-order valence-electron chi connectivity index (χ1n) is 8.71. The molecule has 2 aromatic heterocycles. The Bertz CT molecular complexity index is 1320. The molecule has 2 aromatic carbocycles. The van der Waals surface area contributed by atoms with Gasteiger partial charge in [-0.25, -0.2) is 14.8 Å². The van der Waals surface area contributed by atoms with E-state index in [-0.39, 0.29) is 11.1 Å². The van der Waals surface area contributed by atoms with Crippen LogP contribution >= 0.6 is 27.3 Å². The average molecular weight is 484 g/mol. The minimum absolute atomic E-state index is 0.112. The quantitative estimate of drug-likeness (QED) is 0.415. The van der Waals surface area contributed by atoms with Crippen molar-refractivity contribution in [2.45, 2.75) is 0 Å². The van der Waals surface area contributed by atoms with Crippen LogP contribution in [0.4, 0.5) is 10.8 Å². The van der Waals surface area contributed by atoms with Crippen LogP contribution in [0.5, 0.6) is 0 Å². The van der Waals surface area contributed by atoms with Gasteiger partial charge in [0.15, 0.2) is 5.13 Å². The molecular weight excluding hydrogens is 470 g/mol. The van der Waals surface area contributed by atoms with Crippen LogP contribution in [0, 0.1) is 0 Å². The van der Waals surface area contributed by atoms with E-state index >= 15 is 0 Å². The maximum absolute atomic E-state index is 12.9. The van der Waals surface area contributed by atoms with Crippen LogP contribution in [0.15, 0.2) is 74.0 Å². The molecule has 0 fully saturated rings. The van der Waals surface area contributed by atoms with Gasteiger partial charge in [-0.2, -0.15) is 0 Å². The molecule has 0 atom stereocenters. The van der Waals surface area contributed by atoms with Crippen molar-refractivity contribution >= 4 is 60.9 Å². The molecule has 0 spiro atoms. The SMILES string of the molecule is COC(=O)c1cccc(N=c2oc3ccc(Br)cc3cc2C(=O)Nc2nccs2)c1. The molecule has 0 saturated heterocycles. The van der Waals surface area contributed by atoms with Gasteiger partial charge >= 0.3 is 5.97 Å². The first-order valence-corrected chi connectivity index (χ1v) is 10.4. The smallest absolute Gasteiger partial charge is 0.337 e. The lowest BCUT2D eigenvalue weighted by atomic mass is 10.1. The van der Waals surface area contributed by atoms with Gasteiger partial charge in [-0.05, 0) is 42.5 Å².